The van der Waals surface area contributed by atoms with Gasteiger partial charge in [-0.1, -0.05) is 95.5 Å². The van der Waals surface area contributed by atoms with E-state index in [1.807, 2.05) is 6.07 Å². The van der Waals surface area contributed by atoms with Crippen molar-refractivity contribution in [1.82, 2.24) is 0 Å². The van der Waals surface area contributed by atoms with E-state index in [2.05, 4.69) is 38.1 Å². The zero-order valence-corrected chi connectivity index (χ0v) is 14.9. The van der Waals surface area contributed by atoms with Gasteiger partial charge in [0, 0.05) is 0 Å². The van der Waals surface area contributed by atoms with Crippen LogP contribution in [0.15, 0.2) is 30.3 Å². The summed E-state index contributed by atoms with van der Waals surface area (Å²) < 4.78 is 0. The Labute approximate surface area is 138 Å². The molecule has 2 fully saturated rings. The predicted octanol–water partition coefficient (Wildman–Crippen LogP) is 7.03. The minimum atomic E-state index is 1.08. The van der Waals surface area contributed by atoms with E-state index in [0.29, 0.717) is 0 Å². The molecule has 0 aromatic heterocycles. The van der Waals surface area contributed by atoms with E-state index in [1.54, 1.807) is 25.7 Å². The van der Waals surface area contributed by atoms with E-state index in [0.717, 1.165) is 24.2 Å². The van der Waals surface area contributed by atoms with Crippen LogP contribution in [0, 0.1) is 17.8 Å². The van der Waals surface area contributed by atoms with Gasteiger partial charge in [-0.15, -0.1) is 0 Å². The second-order valence-corrected chi connectivity index (χ2v) is 7.43. The highest BCUT2D eigenvalue weighted by Gasteiger charge is 2.27. The molecule has 0 spiro atoms. The summed E-state index contributed by atoms with van der Waals surface area (Å²) in [5, 5.41) is 0. The summed E-state index contributed by atoms with van der Waals surface area (Å²) in [5.41, 5.74) is 1.41. The quantitative estimate of drug-likeness (QED) is 0.562. The molecule has 2 aliphatic rings. The average Bonchev–Trinajstić information content (AvgIpc) is 2.64. The normalized spacial score (nSPS) is 26.1. The molecule has 0 atom stereocenters. The summed E-state index contributed by atoms with van der Waals surface area (Å²) in [5.74, 6) is 3.33. The summed E-state index contributed by atoms with van der Waals surface area (Å²) in [6.45, 7) is 4.53. The first-order valence-corrected chi connectivity index (χ1v) is 9.87. The molecule has 22 heavy (non-hydrogen) atoms. The van der Waals surface area contributed by atoms with Gasteiger partial charge in [0.15, 0.2) is 0 Å². The van der Waals surface area contributed by atoms with E-state index < -0.39 is 0 Å². The van der Waals surface area contributed by atoms with Gasteiger partial charge >= 0.3 is 0 Å². The molecular weight excluding hydrogens is 264 g/mol. The fourth-order valence-electron chi connectivity index (χ4n) is 4.39. The first-order valence-electron chi connectivity index (χ1n) is 9.87. The molecule has 0 saturated heterocycles. The van der Waals surface area contributed by atoms with Crippen LogP contribution in [0.25, 0.3) is 0 Å². The minimum Gasteiger partial charge on any atom is -0.0651 e. The summed E-state index contributed by atoms with van der Waals surface area (Å²) in [7, 11) is 0. The highest BCUT2D eigenvalue weighted by molar-refractivity contribution is 5.13. The van der Waals surface area contributed by atoms with Crippen molar-refractivity contribution in [3.63, 3.8) is 0 Å². The topological polar surface area (TPSA) is 0 Å². The first kappa shape index (κ1) is 17.6. The Morgan fingerprint density at radius 3 is 1.82 bits per heavy atom. The van der Waals surface area contributed by atoms with Gasteiger partial charge in [0.1, 0.15) is 0 Å². The van der Waals surface area contributed by atoms with Gasteiger partial charge in [-0.2, -0.15) is 0 Å². The minimum absolute atomic E-state index is 1.08. The first-order chi connectivity index (χ1) is 10.8. The van der Waals surface area contributed by atoms with E-state index in [4.69, 9.17) is 0 Å². The van der Waals surface area contributed by atoms with Crippen molar-refractivity contribution in [2.75, 3.05) is 0 Å². The lowest BCUT2D eigenvalue weighted by molar-refractivity contribution is 0.165. The highest BCUT2D eigenvalue weighted by Crippen LogP contribution is 2.40. The monoisotopic (exact) mass is 300 g/mol. The van der Waals surface area contributed by atoms with Crippen LogP contribution >= 0.6 is 0 Å². The lowest BCUT2D eigenvalue weighted by Gasteiger charge is -2.35. The largest absolute Gasteiger partial charge is 0.0651 e. The Morgan fingerprint density at radius 1 is 0.727 bits per heavy atom. The lowest BCUT2D eigenvalue weighted by Crippen LogP contribution is -2.23. The van der Waals surface area contributed by atoms with Gasteiger partial charge < -0.3 is 0 Å². The second-order valence-electron chi connectivity index (χ2n) is 7.43. The molecule has 0 aliphatic heterocycles. The van der Waals surface area contributed by atoms with Gasteiger partial charge in [0.25, 0.3) is 0 Å². The molecule has 0 radical (unpaired) electrons. The van der Waals surface area contributed by atoms with E-state index >= 15 is 0 Å². The van der Waals surface area contributed by atoms with Crippen molar-refractivity contribution in [2.24, 2.45) is 17.8 Å². The average molecular weight is 301 g/mol. The summed E-state index contributed by atoms with van der Waals surface area (Å²) in [6.07, 6.45) is 16.4. The van der Waals surface area contributed by atoms with Crippen LogP contribution < -0.4 is 0 Å². The number of hydrogen-bond acceptors (Lipinski definition) is 0. The summed E-state index contributed by atoms with van der Waals surface area (Å²) in [6, 6.07) is 10.5. The standard InChI is InChI=1S/C14H26.C8H10/c1-2-12-8-10-14(11-9-12)13-6-4-3-5-7-13;1-2-8-6-4-3-5-7-8/h12-14H,2-11H2,1H3;3-7H,2H2,1H3. The second kappa shape index (κ2) is 10.1. The van der Waals surface area contributed by atoms with Crippen molar-refractivity contribution in [3.8, 4) is 0 Å². The molecule has 0 unspecified atom stereocenters. The van der Waals surface area contributed by atoms with E-state index in [9.17, 15) is 0 Å². The van der Waals surface area contributed by atoms with Crippen molar-refractivity contribution in [3.05, 3.63) is 35.9 Å². The van der Waals surface area contributed by atoms with E-state index in [-0.39, 0.29) is 0 Å². The van der Waals surface area contributed by atoms with Crippen molar-refractivity contribution in [1.29, 1.82) is 0 Å². The molecule has 0 heterocycles. The van der Waals surface area contributed by atoms with Crippen LogP contribution in [0.2, 0.25) is 0 Å². The maximum Gasteiger partial charge on any atom is -0.0307 e. The zero-order chi connectivity index (χ0) is 15.6. The van der Waals surface area contributed by atoms with Gasteiger partial charge in [-0.05, 0) is 42.6 Å². The molecule has 2 saturated carbocycles. The van der Waals surface area contributed by atoms with Crippen molar-refractivity contribution >= 4 is 0 Å². The summed E-state index contributed by atoms with van der Waals surface area (Å²) >= 11 is 0. The third kappa shape index (κ3) is 5.78. The fraction of sp³-hybridized carbons (Fsp3) is 0.727. The smallest absolute Gasteiger partial charge is 0.0307 e. The number of aryl methyl sites for hydroxylation is 1. The Morgan fingerprint density at radius 2 is 1.32 bits per heavy atom. The number of hydrogen-bond donors (Lipinski definition) is 0. The summed E-state index contributed by atoms with van der Waals surface area (Å²) in [4.78, 5) is 0. The van der Waals surface area contributed by atoms with Gasteiger partial charge in [0.2, 0.25) is 0 Å². The third-order valence-corrected chi connectivity index (χ3v) is 6.04. The molecule has 0 bridgehead atoms. The molecule has 0 nitrogen and oxygen atoms in total. The van der Waals surface area contributed by atoms with Gasteiger partial charge in [-0.25, -0.2) is 0 Å². The van der Waals surface area contributed by atoms with Crippen LogP contribution in [0.1, 0.15) is 83.6 Å². The zero-order valence-electron chi connectivity index (χ0n) is 14.9. The molecule has 124 valence electrons. The maximum atomic E-state index is 2.37. The molecule has 0 N–H and O–H groups in total. The number of rotatable bonds is 3. The Kier molecular flexibility index (Phi) is 8.05. The maximum absolute atomic E-state index is 2.37. The molecule has 0 heteroatoms. The van der Waals surface area contributed by atoms with Crippen molar-refractivity contribution < 1.29 is 0 Å². The Bertz CT molecular complexity index is 366. The van der Waals surface area contributed by atoms with Crippen LogP contribution in [0.3, 0.4) is 0 Å². The van der Waals surface area contributed by atoms with Crippen LogP contribution in [0.4, 0.5) is 0 Å². The van der Waals surface area contributed by atoms with Crippen LogP contribution in [0.5, 0.6) is 0 Å². The fourth-order valence-corrected chi connectivity index (χ4v) is 4.39. The molecule has 1 aromatic carbocycles. The Hall–Kier alpha value is -0.780. The molecule has 2 aliphatic carbocycles. The highest BCUT2D eigenvalue weighted by atomic mass is 14.3. The van der Waals surface area contributed by atoms with Crippen molar-refractivity contribution in [2.45, 2.75) is 84.5 Å². The molecule has 1 aromatic rings. The Balaban J connectivity index is 0.000000188. The van der Waals surface area contributed by atoms with Gasteiger partial charge in [-0.3, -0.25) is 0 Å². The molecular formula is C22H36. The van der Waals surface area contributed by atoms with Gasteiger partial charge in [0.05, 0.1) is 0 Å². The third-order valence-electron chi connectivity index (χ3n) is 6.04. The van der Waals surface area contributed by atoms with Crippen LogP contribution in [-0.2, 0) is 6.42 Å². The lowest BCUT2D eigenvalue weighted by atomic mass is 9.71. The van der Waals surface area contributed by atoms with E-state index in [1.165, 1.54) is 44.1 Å². The predicted molar refractivity (Wildman–Crippen MR) is 98.1 cm³/mol. The number of benzene rings is 1. The molecule has 0 amide bonds. The molecule has 3 rings (SSSR count). The van der Waals surface area contributed by atoms with Crippen LogP contribution in [-0.4, -0.2) is 0 Å². The SMILES string of the molecule is CCC1CCC(C2CCCCC2)CC1.CCc1ccccc1.